The van der Waals surface area contributed by atoms with E-state index in [1.807, 2.05) is 48.8 Å². The fourth-order valence-corrected chi connectivity index (χ4v) is 7.84. The normalized spacial score (nSPS) is 12.9. The van der Waals surface area contributed by atoms with Crippen molar-refractivity contribution in [2.24, 2.45) is 0 Å². The van der Waals surface area contributed by atoms with Gasteiger partial charge in [0.1, 0.15) is 23.1 Å². The molecule has 0 aliphatic carbocycles. The van der Waals surface area contributed by atoms with Crippen molar-refractivity contribution in [2.75, 3.05) is 18.6 Å². The Morgan fingerprint density at radius 1 is 0.600 bits per heavy atom. The lowest BCUT2D eigenvalue weighted by atomic mass is 9.88. The van der Waals surface area contributed by atoms with Crippen LogP contribution >= 0.6 is 0 Å². The number of fused-ring (bicyclic) bond motifs is 3. The Balaban J connectivity index is 1.09. The first kappa shape index (κ1) is 34.2. The molecule has 0 bridgehead atoms. The van der Waals surface area contributed by atoms with Crippen LogP contribution in [0.5, 0.6) is 11.5 Å². The van der Waals surface area contributed by atoms with Crippen molar-refractivity contribution >= 4 is 27.5 Å². The quantitative estimate of drug-likeness (QED) is 0.149. The van der Waals surface area contributed by atoms with Crippen LogP contribution in [0.2, 0.25) is 0 Å². The van der Waals surface area contributed by atoms with E-state index >= 15 is 0 Å². The van der Waals surface area contributed by atoms with Crippen molar-refractivity contribution in [2.45, 2.75) is 39.5 Å². The lowest BCUT2D eigenvalue weighted by Gasteiger charge is -2.24. The van der Waals surface area contributed by atoms with Gasteiger partial charge >= 0.3 is 0 Å². The van der Waals surface area contributed by atoms with Gasteiger partial charge in [-0.25, -0.2) is 9.97 Å². The van der Waals surface area contributed by atoms with Crippen LogP contribution in [0.3, 0.4) is 0 Å². The average molecular weight is 721 g/mol. The molecule has 0 unspecified atom stereocenters. The minimum atomic E-state index is 0.285. The zero-order valence-electron chi connectivity index (χ0n) is 31.9. The molecule has 0 saturated carbocycles. The number of pyridine rings is 1. The van der Waals surface area contributed by atoms with Crippen LogP contribution in [0.25, 0.3) is 55.8 Å². The van der Waals surface area contributed by atoms with Crippen LogP contribution in [0, 0.1) is 0 Å². The molecule has 5 aromatic carbocycles. The molecule has 4 heterocycles. The van der Waals surface area contributed by atoms with Gasteiger partial charge in [0.25, 0.3) is 0 Å². The number of aromatic nitrogens is 4. The number of hydrogen-bond acceptors (Lipinski definition) is 5. The summed E-state index contributed by atoms with van der Waals surface area (Å²) in [7, 11) is 2.10. The van der Waals surface area contributed by atoms with E-state index < -0.39 is 0 Å². The monoisotopic (exact) mass is 720 g/mol. The SMILES string of the molecule is CC(C)c1cc(-c2cccc(N3C=CN(C)C3)c2)cc(C(C)C)c1-n1ccnc1-c1cccc(Oc2ccc3c4ccccc4n(-c4ccccn4)c3c2)c1. The van der Waals surface area contributed by atoms with Crippen molar-refractivity contribution in [1.82, 2.24) is 24.0 Å². The number of nitrogens with zero attached hydrogens (tertiary/aromatic N) is 6. The van der Waals surface area contributed by atoms with E-state index in [9.17, 15) is 0 Å². The number of hydrogen-bond donors (Lipinski definition) is 0. The highest BCUT2D eigenvalue weighted by Gasteiger charge is 2.22. The van der Waals surface area contributed by atoms with E-state index in [2.05, 4.69) is 157 Å². The lowest BCUT2D eigenvalue weighted by Crippen LogP contribution is -2.21. The first-order chi connectivity index (χ1) is 26.8. The second-order valence-electron chi connectivity index (χ2n) is 15.0. The molecule has 9 rings (SSSR count). The summed E-state index contributed by atoms with van der Waals surface area (Å²) in [6.45, 7) is 9.97. The molecule has 8 aromatic rings. The second-order valence-corrected chi connectivity index (χ2v) is 15.0. The standard InChI is InChI=1S/C48H44N6O/c1-32(2)42-28-36(34-12-10-14-37(26-34)52-25-24-51(5)31-52)29-43(33(3)4)47(42)53-23-22-50-48(53)35-13-11-15-38(27-35)55-39-19-20-41-40-16-6-7-17-44(40)54(45(41)30-39)46-18-8-9-21-49-46/h6-30,32-33H,31H2,1-5H3. The zero-order chi connectivity index (χ0) is 37.6. The molecule has 0 radical (unpaired) electrons. The van der Waals surface area contributed by atoms with Gasteiger partial charge in [-0.05, 0) is 101 Å². The largest absolute Gasteiger partial charge is 0.457 e. The van der Waals surface area contributed by atoms with Gasteiger partial charge in [-0.3, -0.25) is 9.13 Å². The summed E-state index contributed by atoms with van der Waals surface area (Å²) >= 11 is 0. The maximum atomic E-state index is 6.62. The fourth-order valence-electron chi connectivity index (χ4n) is 7.84. The van der Waals surface area contributed by atoms with Crippen molar-refractivity contribution in [3.8, 4) is 45.5 Å². The number of rotatable bonds is 9. The lowest BCUT2D eigenvalue weighted by molar-refractivity contribution is 0.483. The van der Waals surface area contributed by atoms with Crippen LogP contribution in [-0.4, -0.2) is 37.7 Å². The van der Waals surface area contributed by atoms with E-state index in [-0.39, 0.29) is 11.8 Å². The predicted molar refractivity (Wildman–Crippen MR) is 226 cm³/mol. The van der Waals surface area contributed by atoms with Crippen molar-refractivity contribution in [3.05, 3.63) is 163 Å². The summed E-state index contributed by atoms with van der Waals surface area (Å²) in [5.41, 5.74) is 10.5. The first-order valence-corrected chi connectivity index (χ1v) is 19.0. The second kappa shape index (κ2) is 14.0. The molecule has 1 aliphatic heterocycles. The zero-order valence-corrected chi connectivity index (χ0v) is 31.9. The van der Waals surface area contributed by atoms with E-state index in [1.54, 1.807) is 0 Å². The molecule has 7 heteroatoms. The molecule has 0 saturated heterocycles. The molecular weight excluding hydrogens is 677 g/mol. The molecule has 7 nitrogen and oxygen atoms in total. The Kier molecular flexibility index (Phi) is 8.70. The molecular formula is C48H44N6O. The van der Waals surface area contributed by atoms with Crippen molar-refractivity contribution < 1.29 is 4.74 Å². The number of ether oxygens (including phenoxy) is 1. The van der Waals surface area contributed by atoms with Gasteiger partial charge < -0.3 is 14.5 Å². The first-order valence-electron chi connectivity index (χ1n) is 19.0. The van der Waals surface area contributed by atoms with Crippen LogP contribution in [-0.2, 0) is 0 Å². The van der Waals surface area contributed by atoms with E-state index in [4.69, 9.17) is 14.7 Å². The van der Waals surface area contributed by atoms with Gasteiger partial charge in [0, 0.05) is 66.1 Å². The molecule has 3 aromatic heterocycles. The maximum absolute atomic E-state index is 6.62. The molecule has 0 atom stereocenters. The van der Waals surface area contributed by atoms with Gasteiger partial charge in [0.15, 0.2) is 0 Å². The third kappa shape index (κ3) is 6.31. The summed E-state index contributed by atoms with van der Waals surface area (Å²) in [6.07, 6.45) is 10.1. The Bertz CT molecular complexity index is 2670. The molecule has 0 N–H and O–H groups in total. The van der Waals surface area contributed by atoms with Crippen LogP contribution in [0.15, 0.2) is 152 Å². The molecule has 1 aliphatic rings. The van der Waals surface area contributed by atoms with Crippen molar-refractivity contribution in [3.63, 3.8) is 0 Å². The fraction of sp³-hybridized carbons (Fsp3) is 0.167. The van der Waals surface area contributed by atoms with Gasteiger partial charge in [-0.15, -0.1) is 0 Å². The Labute approximate surface area is 322 Å². The van der Waals surface area contributed by atoms with E-state index in [0.29, 0.717) is 0 Å². The topological polar surface area (TPSA) is 51.4 Å². The van der Waals surface area contributed by atoms with Gasteiger partial charge in [-0.2, -0.15) is 0 Å². The number of anilines is 1. The van der Waals surface area contributed by atoms with Crippen molar-refractivity contribution in [1.29, 1.82) is 0 Å². The van der Waals surface area contributed by atoms with Crippen LogP contribution in [0.1, 0.15) is 50.7 Å². The van der Waals surface area contributed by atoms with Crippen LogP contribution in [0.4, 0.5) is 5.69 Å². The summed E-state index contributed by atoms with van der Waals surface area (Å²) in [5, 5.41) is 2.33. The molecule has 0 fully saturated rings. The average Bonchev–Trinajstić information content (AvgIpc) is 3.95. The number of para-hydroxylation sites is 1. The highest BCUT2D eigenvalue weighted by molar-refractivity contribution is 6.09. The number of benzene rings is 5. The number of imidazole rings is 1. The minimum Gasteiger partial charge on any atom is -0.457 e. The van der Waals surface area contributed by atoms with E-state index in [0.717, 1.165) is 51.8 Å². The summed E-state index contributed by atoms with van der Waals surface area (Å²) in [6, 6.07) is 42.6. The van der Waals surface area contributed by atoms with E-state index in [1.165, 1.54) is 39.0 Å². The maximum Gasteiger partial charge on any atom is 0.144 e. The summed E-state index contributed by atoms with van der Waals surface area (Å²) in [4.78, 5) is 14.1. The van der Waals surface area contributed by atoms with Gasteiger partial charge in [-0.1, -0.05) is 76.2 Å². The highest BCUT2D eigenvalue weighted by Crippen LogP contribution is 2.40. The predicted octanol–water partition coefficient (Wildman–Crippen LogP) is 11.9. The smallest absolute Gasteiger partial charge is 0.144 e. The Hall–Kier alpha value is -6.60. The molecule has 272 valence electrons. The third-order valence-electron chi connectivity index (χ3n) is 10.5. The van der Waals surface area contributed by atoms with Gasteiger partial charge in [0.2, 0.25) is 0 Å². The van der Waals surface area contributed by atoms with Gasteiger partial charge in [0.05, 0.1) is 23.4 Å². The Morgan fingerprint density at radius 3 is 2.11 bits per heavy atom. The molecule has 55 heavy (non-hydrogen) atoms. The summed E-state index contributed by atoms with van der Waals surface area (Å²) < 4.78 is 11.1. The molecule has 0 spiro atoms. The third-order valence-corrected chi connectivity index (χ3v) is 10.5. The Morgan fingerprint density at radius 2 is 1.35 bits per heavy atom. The minimum absolute atomic E-state index is 0.285. The van der Waals surface area contributed by atoms with Crippen LogP contribution < -0.4 is 9.64 Å². The molecule has 0 amide bonds. The summed E-state index contributed by atoms with van der Waals surface area (Å²) in [5.74, 6) is 3.81. The highest BCUT2D eigenvalue weighted by atomic mass is 16.5.